The summed E-state index contributed by atoms with van der Waals surface area (Å²) < 4.78 is 0. The number of rotatable bonds is 8. The van der Waals surface area contributed by atoms with E-state index in [-0.39, 0.29) is 0 Å². The Bertz CT molecular complexity index is 1200. The van der Waals surface area contributed by atoms with Crippen LogP contribution in [-0.4, -0.2) is 41.8 Å². The van der Waals surface area contributed by atoms with E-state index in [0.717, 1.165) is 31.1 Å². The first-order chi connectivity index (χ1) is 19.5. The number of aliphatic hydroxyl groups is 1. The van der Waals surface area contributed by atoms with Crippen molar-refractivity contribution < 1.29 is 15.0 Å². The smallest absolute Gasteiger partial charge is 0.0307 e. The second-order valence-corrected chi connectivity index (χ2v) is 10.9. The second-order valence-electron chi connectivity index (χ2n) is 10.9. The van der Waals surface area contributed by atoms with Crippen molar-refractivity contribution in [3.8, 4) is 0 Å². The molecule has 0 atom stereocenters. The Hall–Kier alpha value is -2.91. The molecule has 0 spiro atoms. The fraction of sp³-hybridized carbons (Fsp3) is 0.429. The minimum atomic E-state index is -0.851. The first-order valence-electron chi connectivity index (χ1n) is 15.3. The zero-order chi connectivity index (χ0) is 28.7. The van der Waals surface area contributed by atoms with Crippen LogP contribution in [-0.2, 0) is 12.8 Å². The van der Waals surface area contributed by atoms with Crippen LogP contribution < -0.4 is 10.9 Å². The normalized spacial score (nSPS) is 14.1. The SMILES string of the molecule is CCCCCO.CCc1ccc(C2=Bc3cc(C(=O)O)ccc3B2C2CCCCC2)cc1.CCc1ccccc1. The molecule has 3 aromatic carbocycles. The van der Waals surface area contributed by atoms with Gasteiger partial charge >= 0.3 is 156 Å². The zero-order valence-electron chi connectivity index (χ0n) is 24.7. The fourth-order valence-electron chi connectivity index (χ4n) is 5.79. The van der Waals surface area contributed by atoms with Crippen LogP contribution in [0.25, 0.3) is 0 Å². The summed E-state index contributed by atoms with van der Waals surface area (Å²) in [7, 11) is 0. The molecule has 2 aliphatic rings. The molecule has 0 saturated heterocycles. The van der Waals surface area contributed by atoms with Gasteiger partial charge in [0.15, 0.2) is 0 Å². The van der Waals surface area contributed by atoms with E-state index >= 15 is 0 Å². The van der Waals surface area contributed by atoms with E-state index in [9.17, 15) is 9.90 Å². The summed E-state index contributed by atoms with van der Waals surface area (Å²) in [6, 6.07) is 25.1. The first-order valence-corrected chi connectivity index (χ1v) is 15.3. The Kier molecular flexibility index (Phi) is 13.5. The molecule has 0 unspecified atom stereocenters. The number of fused-ring (bicyclic) bond motifs is 1. The quantitative estimate of drug-likeness (QED) is 0.255. The van der Waals surface area contributed by atoms with Gasteiger partial charge in [0.1, 0.15) is 0 Å². The number of carboxylic acid groups (broad SMARTS) is 1. The third-order valence-corrected chi connectivity index (χ3v) is 8.14. The van der Waals surface area contributed by atoms with Crippen LogP contribution in [0.4, 0.5) is 0 Å². The van der Waals surface area contributed by atoms with Gasteiger partial charge in [0.2, 0.25) is 0 Å². The molecular weight excluding hydrogens is 490 g/mol. The maximum Gasteiger partial charge on any atom is -0.0307 e. The number of aromatic carboxylic acids is 1. The van der Waals surface area contributed by atoms with Crippen molar-refractivity contribution in [1.82, 2.24) is 0 Å². The molecule has 3 aromatic rings. The molecule has 40 heavy (non-hydrogen) atoms. The average Bonchev–Trinajstić information content (AvgIpc) is 3.40. The van der Waals surface area contributed by atoms with Crippen LogP contribution in [0.2, 0.25) is 5.82 Å². The van der Waals surface area contributed by atoms with Crippen LogP contribution >= 0.6 is 0 Å². The molecule has 5 heteroatoms. The minimum absolute atomic E-state index is 0.355. The summed E-state index contributed by atoms with van der Waals surface area (Å²) in [6.07, 6.45) is 12.0. The molecule has 1 aliphatic carbocycles. The van der Waals surface area contributed by atoms with Gasteiger partial charge in [0.25, 0.3) is 0 Å². The Morgan fingerprint density at radius 3 is 2.02 bits per heavy atom. The first kappa shape index (κ1) is 31.6. The molecule has 210 valence electrons. The van der Waals surface area contributed by atoms with Gasteiger partial charge in [-0.05, 0) is 18.4 Å². The van der Waals surface area contributed by atoms with Gasteiger partial charge in [0.05, 0.1) is 0 Å². The third kappa shape index (κ3) is 9.06. The molecule has 1 heterocycles. The fourth-order valence-corrected chi connectivity index (χ4v) is 5.79. The number of carbonyl (C=O) groups is 1. The van der Waals surface area contributed by atoms with Crippen molar-refractivity contribution in [2.75, 3.05) is 6.61 Å². The van der Waals surface area contributed by atoms with Crippen molar-refractivity contribution >= 4 is 35.9 Å². The zero-order valence-corrected chi connectivity index (χ0v) is 24.7. The van der Waals surface area contributed by atoms with Gasteiger partial charge in [-0.1, -0.05) is 57.0 Å². The van der Waals surface area contributed by atoms with E-state index in [1.807, 2.05) is 12.1 Å². The van der Waals surface area contributed by atoms with Crippen LogP contribution in [0.15, 0.2) is 72.8 Å². The molecule has 2 N–H and O–H groups in total. The summed E-state index contributed by atoms with van der Waals surface area (Å²) in [5.41, 5.74) is 6.84. The van der Waals surface area contributed by atoms with Gasteiger partial charge in [-0.15, -0.1) is 0 Å². The number of carboxylic acids is 1. The van der Waals surface area contributed by atoms with Gasteiger partial charge < -0.3 is 5.11 Å². The number of aliphatic hydroxyl groups excluding tert-OH is 1. The summed E-state index contributed by atoms with van der Waals surface area (Å²) >= 11 is 0. The van der Waals surface area contributed by atoms with Gasteiger partial charge in [-0.2, -0.15) is 0 Å². The number of unbranched alkanes of at least 4 members (excludes halogenated alkanes) is 2. The average molecular weight is 536 g/mol. The number of aryl methyl sites for hydroxylation is 2. The molecule has 5 rings (SSSR count). The Morgan fingerprint density at radius 1 is 0.850 bits per heavy atom. The van der Waals surface area contributed by atoms with Crippen molar-refractivity contribution in [3.05, 3.63) is 95.1 Å². The van der Waals surface area contributed by atoms with Crippen molar-refractivity contribution in [3.63, 3.8) is 0 Å². The van der Waals surface area contributed by atoms with Crippen molar-refractivity contribution in [1.29, 1.82) is 0 Å². The molecular formula is C35H46B2O3. The van der Waals surface area contributed by atoms with Crippen LogP contribution in [0.3, 0.4) is 0 Å². The molecule has 1 aliphatic heterocycles. The van der Waals surface area contributed by atoms with E-state index in [4.69, 9.17) is 5.11 Å². The Labute approximate surface area is 243 Å². The molecule has 1 fully saturated rings. The summed E-state index contributed by atoms with van der Waals surface area (Å²) in [6.45, 7) is 9.46. The van der Waals surface area contributed by atoms with E-state index in [1.165, 1.54) is 66.0 Å². The second kappa shape index (κ2) is 17.0. The van der Waals surface area contributed by atoms with Crippen LogP contribution in [0.5, 0.6) is 0 Å². The van der Waals surface area contributed by atoms with Gasteiger partial charge in [0, 0.05) is 6.61 Å². The molecule has 1 saturated carbocycles. The minimum Gasteiger partial charge on any atom is -0.0622 e. The van der Waals surface area contributed by atoms with E-state index in [0.29, 0.717) is 24.7 Å². The Balaban J connectivity index is 0.000000259. The Morgan fingerprint density at radius 2 is 1.50 bits per heavy atom. The van der Waals surface area contributed by atoms with E-state index < -0.39 is 5.97 Å². The van der Waals surface area contributed by atoms with Crippen molar-refractivity contribution in [2.45, 2.75) is 90.8 Å². The van der Waals surface area contributed by atoms with E-state index in [1.54, 1.807) is 6.07 Å². The summed E-state index contributed by atoms with van der Waals surface area (Å²) in [5, 5.41) is 18.9. The number of benzene rings is 3. The number of hydrogen-bond donors (Lipinski definition) is 2. The standard InChI is InChI=1S/C22H24B2O2.C8H10.C5H12O/c1-2-15-8-10-16(11-9-15)21-23-19-14-17(22(25)26)12-13-20(19)24(21)18-6-4-3-5-7-18;1-2-8-6-4-3-5-7-8;1-2-3-4-5-6/h8-14,18H,2-7H2,1H3,(H,25,26);3-7H,2H2,1H3;6H,2-5H2,1H3. The monoisotopic (exact) mass is 536 g/mol. The summed E-state index contributed by atoms with van der Waals surface area (Å²) in [4.78, 5) is 11.4. The number of hydrogen-bond acceptors (Lipinski definition) is 2. The maximum absolute atomic E-state index is 11.4. The van der Waals surface area contributed by atoms with Crippen LogP contribution in [0, 0.1) is 0 Å². The molecule has 3 nitrogen and oxygen atoms in total. The predicted molar refractivity (Wildman–Crippen MR) is 173 cm³/mol. The predicted octanol–water partition coefficient (Wildman–Crippen LogP) is 6.50. The summed E-state index contributed by atoms with van der Waals surface area (Å²) in [5.74, 6) is -0.186. The third-order valence-electron chi connectivity index (χ3n) is 8.14. The molecule has 0 radical (unpaired) electrons. The molecule has 0 amide bonds. The van der Waals surface area contributed by atoms with Gasteiger partial charge in [-0.25, -0.2) is 0 Å². The molecule has 0 bridgehead atoms. The van der Waals surface area contributed by atoms with Crippen LogP contribution in [0.1, 0.15) is 99.2 Å². The van der Waals surface area contributed by atoms with Gasteiger partial charge in [-0.3, -0.25) is 0 Å². The van der Waals surface area contributed by atoms with Crippen molar-refractivity contribution in [2.24, 2.45) is 0 Å². The van der Waals surface area contributed by atoms with E-state index in [2.05, 4.69) is 82.3 Å². The largest absolute Gasteiger partial charge is 0.0622 e. The molecule has 0 aromatic heterocycles. The maximum atomic E-state index is 11.4. The topological polar surface area (TPSA) is 57.5 Å².